The van der Waals surface area contributed by atoms with Crippen molar-refractivity contribution in [1.29, 1.82) is 0 Å². The molecule has 3 aromatic carbocycles. The van der Waals surface area contributed by atoms with Gasteiger partial charge in [-0.25, -0.2) is 4.90 Å². The molecular weight excluding hydrogens is 614 g/mol. The summed E-state index contributed by atoms with van der Waals surface area (Å²) in [6, 6.07) is 20.8. The second-order valence-corrected chi connectivity index (χ2v) is 12.7. The molecule has 0 aliphatic carbocycles. The molecule has 0 saturated carbocycles. The minimum atomic E-state index is -0.759. The van der Waals surface area contributed by atoms with Crippen molar-refractivity contribution >= 4 is 68.1 Å². The number of carbonyl (C=O) groups excluding carboxylic acids is 3. The summed E-state index contributed by atoms with van der Waals surface area (Å²) in [4.78, 5) is 55.5. The highest BCUT2D eigenvalue weighted by Crippen LogP contribution is 2.54. The molecule has 6 rings (SSSR count). The van der Waals surface area contributed by atoms with E-state index < -0.39 is 23.0 Å². The second kappa shape index (κ2) is 10.4. The number of thioether (sulfide) groups is 1. The number of carbonyl (C=O) groups is 3. The van der Waals surface area contributed by atoms with Crippen molar-refractivity contribution in [2.24, 2.45) is 5.92 Å². The minimum Gasteiger partial charge on any atom is -0.508 e. The second-order valence-electron chi connectivity index (χ2n) is 9.66. The van der Waals surface area contributed by atoms with E-state index in [9.17, 15) is 24.3 Å². The van der Waals surface area contributed by atoms with E-state index >= 15 is 0 Å². The summed E-state index contributed by atoms with van der Waals surface area (Å²) in [7, 11) is 0. The first-order valence-electron chi connectivity index (χ1n) is 12.4. The van der Waals surface area contributed by atoms with Crippen LogP contribution in [0.25, 0.3) is 0 Å². The molecule has 0 unspecified atom stereocenters. The number of halogens is 1. The van der Waals surface area contributed by atoms with Crippen LogP contribution in [0.4, 0.5) is 11.4 Å². The van der Waals surface area contributed by atoms with E-state index in [-0.39, 0.29) is 29.0 Å². The summed E-state index contributed by atoms with van der Waals surface area (Å²) in [5.74, 6) is -2.25. The molecule has 2 aliphatic rings. The number of imide groups is 1. The molecule has 1 fully saturated rings. The lowest BCUT2D eigenvalue weighted by molar-refractivity contribution is -0.122. The fourth-order valence-electron chi connectivity index (χ4n) is 5.15. The standard InChI is InChI=1S/C29H22BrN3O5S2/c1-15-5-9-19(10-6-15)33-26(36)23-22(16-3-2-4-17(30)13-16)25-28(39-24(23)27(33)37)32(29(38)40-25)14-21(35)31-18-7-11-20(34)12-8-18/h2-13,22-24,34H,14H2,1H3,(H,31,35)/t22-,23-,24+/m0/s1. The van der Waals surface area contributed by atoms with E-state index in [1.807, 2.05) is 43.3 Å². The molecule has 3 heterocycles. The third-order valence-electron chi connectivity index (χ3n) is 7.00. The van der Waals surface area contributed by atoms with Gasteiger partial charge in [-0.2, -0.15) is 0 Å². The van der Waals surface area contributed by atoms with Crippen LogP contribution in [0, 0.1) is 12.8 Å². The zero-order valence-corrected chi connectivity index (χ0v) is 24.3. The Morgan fingerprint density at radius 3 is 2.42 bits per heavy atom. The number of aromatic hydroxyl groups is 1. The molecule has 2 N–H and O–H groups in total. The smallest absolute Gasteiger partial charge is 0.308 e. The molecular formula is C29H22BrN3O5S2. The number of amides is 3. The summed E-state index contributed by atoms with van der Waals surface area (Å²) in [6.07, 6.45) is 0. The molecule has 8 nitrogen and oxygen atoms in total. The number of hydrogen-bond acceptors (Lipinski definition) is 7. The number of benzene rings is 3. The Morgan fingerprint density at radius 1 is 1.00 bits per heavy atom. The zero-order valence-electron chi connectivity index (χ0n) is 21.0. The number of aromatic nitrogens is 1. The Kier molecular flexibility index (Phi) is 6.89. The predicted molar refractivity (Wildman–Crippen MR) is 158 cm³/mol. The Bertz CT molecular complexity index is 1710. The SMILES string of the molecule is Cc1ccc(N2C(=O)[C@H]3[C@H](c4cccc(Br)c4)c4sc(=O)n(CC(=O)Nc5ccc(O)cc5)c4S[C@H]3C2=O)cc1. The van der Waals surface area contributed by atoms with Gasteiger partial charge in [0.1, 0.15) is 17.5 Å². The largest absolute Gasteiger partial charge is 0.508 e. The number of anilines is 2. The number of hydrogen-bond donors (Lipinski definition) is 2. The zero-order chi connectivity index (χ0) is 28.1. The molecule has 2 aliphatic heterocycles. The van der Waals surface area contributed by atoms with E-state index in [0.717, 1.165) is 26.9 Å². The van der Waals surface area contributed by atoms with E-state index in [0.29, 0.717) is 21.3 Å². The van der Waals surface area contributed by atoms with Crippen molar-refractivity contribution in [3.8, 4) is 5.75 Å². The number of fused-ring (bicyclic) bond motifs is 2. The minimum absolute atomic E-state index is 0.0705. The van der Waals surface area contributed by atoms with Gasteiger partial charge in [0, 0.05) is 21.0 Å². The molecule has 40 heavy (non-hydrogen) atoms. The third kappa shape index (κ3) is 4.67. The maximum Gasteiger partial charge on any atom is 0.308 e. The average Bonchev–Trinajstić information content (AvgIpc) is 3.36. The van der Waals surface area contributed by atoms with Crippen LogP contribution in [0.2, 0.25) is 0 Å². The van der Waals surface area contributed by atoms with Gasteiger partial charge in [0.25, 0.3) is 0 Å². The van der Waals surface area contributed by atoms with Gasteiger partial charge in [-0.1, -0.05) is 68.9 Å². The Hall–Kier alpha value is -3.67. The van der Waals surface area contributed by atoms with Gasteiger partial charge in [-0.05, 0) is 61.0 Å². The molecule has 0 bridgehead atoms. The number of aryl methyl sites for hydroxylation is 1. The van der Waals surface area contributed by atoms with E-state index in [1.54, 1.807) is 24.3 Å². The fraction of sp³-hybridized carbons (Fsp3) is 0.172. The van der Waals surface area contributed by atoms with Crippen LogP contribution in [0.15, 0.2) is 87.1 Å². The van der Waals surface area contributed by atoms with Crippen molar-refractivity contribution in [1.82, 2.24) is 4.57 Å². The monoisotopic (exact) mass is 635 g/mol. The molecule has 1 aromatic heterocycles. The first-order valence-corrected chi connectivity index (χ1v) is 14.9. The van der Waals surface area contributed by atoms with Crippen molar-refractivity contribution in [2.75, 3.05) is 10.2 Å². The summed E-state index contributed by atoms with van der Waals surface area (Å²) >= 11 is 5.69. The lowest BCUT2D eigenvalue weighted by Gasteiger charge is -2.30. The molecule has 0 spiro atoms. The summed E-state index contributed by atoms with van der Waals surface area (Å²) in [5, 5.41) is 12.0. The van der Waals surface area contributed by atoms with Gasteiger partial charge in [0.15, 0.2) is 0 Å². The number of phenolic OH excluding ortho intramolecular Hbond substituents is 1. The highest BCUT2D eigenvalue weighted by molar-refractivity contribution is 9.10. The van der Waals surface area contributed by atoms with Crippen molar-refractivity contribution in [3.05, 3.63) is 103 Å². The average molecular weight is 637 g/mol. The molecule has 4 aromatic rings. The van der Waals surface area contributed by atoms with Crippen LogP contribution in [0.1, 0.15) is 21.9 Å². The first kappa shape index (κ1) is 26.5. The van der Waals surface area contributed by atoms with Crippen LogP contribution < -0.4 is 15.1 Å². The summed E-state index contributed by atoms with van der Waals surface area (Å²) in [6.45, 7) is 1.68. The lowest BCUT2D eigenvalue weighted by atomic mass is 9.83. The fourth-order valence-corrected chi connectivity index (χ4v) is 8.34. The van der Waals surface area contributed by atoms with Crippen LogP contribution in [0.3, 0.4) is 0 Å². The van der Waals surface area contributed by atoms with Crippen molar-refractivity contribution < 1.29 is 19.5 Å². The van der Waals surface area contributed by atoms with Crippen LogP contribution in [-0.2, 0) is 20.9 Å². The van der Waals surface area contributed by atoms with Crippen LogP contribution in [-0.4, -0.2) is 32.6 Å². The molecule has 3 amide bonds. The van der Waals surface area contributed by atoms with Gasteiger partial charge in [0.05, 0.1) is 16.6 Å². The van der Waals surface area contributed by atoms with Gasteiger partial charge in [-0.3, -0.25) is 23.7 Å². The summed E-state index contributed by atoms with van der Waals surface area (Å²) in [5.41, 5.74) is 2.81. The third-order valence-corrected chi connectivity index (χ3v) is 10.1. The molecule has 0 radical (unpaired) electrons. The first-order chi connectivity index (χ1) is 19.2. The summed E-state index contributed by atoms with van der Waals surface area (Å²) < 4.78 is 2.20. The Balaban J connectivity index is 1.41. The highest BCUT2D eigenvalue weighted by Gasteiger charge is 2.56. The van der Waals surface area contributed by atoms with E-state index in [1.165, 1.54) is 33.4 Å². The van der Waals surface area contributed by atoms with Crippen LogP contribution >= 0.6 is 39.0 Å². The normalized spacial score (nSPS) is 19.9. The number of nitrogens with zero attached hydrogens (tertiary/aromatic N) is 2. The molecule has 1 saturated heterocycles. The topological polar surface area (TPSA) is 109 Å². The van der Waals surface area contributed by atoms with Crippen molar-refractivity contribution in [2.45, 2.75) is 29.7 Å². The van der Waals surface area contributed by atoms with Gasteiger partial charge < -0.3 is 10.4 Å². The highest BCUT2D eigenvalue weighted by atomic mass is 79.9. The maximum atomic E-state index is 13.9. The number of phenols is 1. The Morgan fingerprint density at radius 2 is 1.73 bits per heavy atom. The van der Waals surface area contributed by atoms with Crippen molar-refractivity contribution in [3.63, 3.8) is 0 Å². The van der Waals surface area contributed by atoms with E-state index in [4.69, 9.17) is 0 Å². The molecule has 3 atom stereocenters. The number of thiazole rings is 1. The molecule has 11 heteroatoms. The quantitative estimate of drug-likeness (QED) is 0.233. The predicted octanol–water partition coefficient (Wildman–Crippen LogP) is 5.12. The Labute approximate surface area is 245 Å². The number of nitrogens with one attached hydrogen (secondary N) is 1. The van der Waals surface area contributed by atoms with Gasteiger partial charge >= 0.3 is 4.87 Å². The van der Waals surface area contributed by atoms with Gasteiger partial charge in [0.2, 0.25) is 17.7 Å². The number of rotatable bonds is 5. The van der Waals surface area contributed by atoms with Gasteiger partial charge in [-0.15, -0.1) is 0 Å². The van der Waals surface area contributed by atoms with E-state index in [2.05, 4.69) is 21.2 Å². The maximum absolute atomic E-state index is 13.9. The van der Waals surface area contributed by atoms with Crippen LogP contribution in [0.5, 0.6) is 5.75 Å². The molecule has 202 valence electrons. The lowest BCUT2D eigenvalue weighted by Crippen LogP contribution is -2.33.